The number of nitrogens with one attached hydrogen (secondary N) is 3. The molecule has 23 heavy (non-hydrogen) atoms. The van der Waals surface area contributed by atoms with Crippen molar-refractivity contribution in [3.8, 4) is 0 Å². The molecular formula is C14H22ClN5O3. The summed E-state index contributed by atoms with van der Waals surface area (Å²) in [6, 6.07) is 0.389. The van der Waals surface area contributed by atoms with E-state index in [9.17, 15) is 9.59 Å². The molecule has 3 N–H and O–H groups in total. The molecule has 2 fully saturated rings. The van der Waals surface area contributed by atoms with Crippen molar-refractivity contribution in [1.29, 1.82) is 0 Å². The van der Waals surface area contributed by atoms with Gasteiger partial charge in [-0.2, -0.15) is 5.10 Å². The number of ether oxygens (including phenoxy) is 1. The molecule has 2 aliphatic rings. The van der Waals surface area contributed by atoms with Crippen LogP contribution in [0.15, 0.2) is 12.4 Å². The largest absolute Gasteiger partial charge is 0.378 e. The van der Waals surface area contributed by atoms with Gasteiger partial charge in [0.2, 0.25) is 11.8 Å². The summed E-state index contributed by atoms with van der Waals surface area (Å²) in [5.41, 5.74) is 0.598. The molecule has 1 aliphatic carbocycles. The van der Waals surface area contributed by atoms with E-state index in [-0.39, 0.29) is 36.8 Å². The van der Waals surface area contributed by atoms with Crippen LogP contribution in [-0.4, -0.2) is 53.4 Å². The quantitative estimate of drug-likeness (QED) is 0.670. The first-order valence-corrected chi connectivity index (χ1v) is 7.62. The minimum absolute atomic E-state index is 0. The molecule has 0 bridgehead atoms. The van der Waals surface area contributed by atoms with E-state index >= 15 is 0 Å². The first-order chi connectivity index (χ1) is 10.7. The SMILES string of the molecule is Cl.O=C(CC1COCCN1)Nc1cnn(CC(=O)NC2CC2)c1. The third kappa shape index (κ3) is 5.81. The van der Waals surface area contributed by atoms with E-state index in [1.165, 1.54) is 4.68 Å². The number of halogens is 1. The molecule has 0 spiro atoms. The third-order valence-corrected chi connectivity index (χ3v) is 3.60. The number of carbonyl (C=O) groups excluding carboxylic acids is 2. The van der Waals surface area contributed by atoms with Gasteiger partial charge in [-0.15, -0.1) is 12.4 Å². The topological polar surface area (TPSA) is 97.3 Å². The fourth-order valence-corrected chi connectivity index (χ4v) is 2.35. The van der Waals surface area contributed by atoms with E-state index in [1.54, 1.807) is 12.4 Å². The molecule has 0 radical (unpaired) electrons. The molecule has 0 aromatic carbocycles. The molecule has 2 amide bonds. The maximum atomic E-state index is 11.9. The summed E-state index contributed by atoms with van der Waals surface area (Å²) in [5.74, 6) is -0.142. The van der Waals surface area contributed by atoms with Crippen LogP contribution >= 0.6 is 12.4 Å². The van der Waals surface area contributed by atoms with E-state index in [0.717, 1.165) is 19.4 Å². The van der Waals surface area contributed by atoms with Crippen LogP contribution < -0.4 is 16.0 Å². The van der Waals surface area contributed by atoms with Crippen molar-refractivity contribution >= 4 is 29.9 Å². The normalized spacial score (nSPS) is 20.4. The molecule has 3 rings (SSSR count). The average Bonchev–Trinajstić information content (AvgIpc) is 3.19. The van der Waals surface area contributed by atoms with Gasteiger partial charge >= 0.3 is 0 Å². The Balaban J connectivity index is 0.00000192. The van der Waals surface area contributed by atoms with Crippen molar-refractivity contribution in [2.24, 2.45) is 0 Å². The highest BCUT2D eigenvalue weighted by Crippen LogP contribution is 2.18. The van der Waals surface area contributed by atoms with Crippen LogP contribution in [0.25, 0.3) is 0 Å². The third-order valence-electron chi connectivity index (χ3n) is 3.60. The Morgan fingerprint density at radius 3 is 2.91 bits per heavy atom. The van der Waals surface area contributed by atoms with Crippen LogP contribution in [0.5, 0.6) is 0 Å². The van der Waals surface area contributed by atoms with Crippen molar-refractivity contribution in [3.63, 3.8) is 0 Å². The number of rotatable bonds is 6. The lowest BCUT2D eigenvalue weighted by Gasteiger charge is -2.23. The molecule has 1 saturated heterocycles. The lowest BCUT2D eigenvalue weighted by atomic mass is 10.2. The van der Waals surface area contributed by atoms with E-state index in [0.29, 0.717) is 31.4 Å². The number of carbonyl (C=O) groups is 2. The number of amides is 2. The van der Waals surface area contributed by atoms with Gasteiger partial charge in [-0.25, -0.2) is 0 Å². The minimum Gasteiger partial charge on any atom is -0.378 e. The number of morpholine rings is 1. The Hall–Kier alpha value is -1.64. The molecule has 1 aromatic rings. The van der Waals surface area contributed by atoms with Crippen molar-refractivity contribution in [2.75, 3.05) is 25.1 Å². The molecule has 9 heteroatoms. The molecule has 8 nitrogen and oxygen atoms in total. The molecule has 2 heterocycles. The van der Waals surface area contributed by atoms with Gasteiger partial charge in [0.05, 0.1) is 25.1 Å². The maximum Gasteiger partial charge on any atom is 0.241 e. The fourth-order valence-electron chi connectivity index (χ4n) is 2.35. The predicted molar refractivity (Wildman–Crippen MR) is 86.5 cm³/mol. The Bertz CT molecular complexity index is 540. The van der Waals surface area contributed by atoms with E-state index in [2.05, 4.69) is 21.0 Å². The molecule has 1 unspecified atom stereocenters. The molecular weight excluding hydrogens is 322 g/mol. The Morgan fingerprint density at radius 1 is 1.39 bits per heavy atom. The van der Waals surface area contributed by atoms with Crippen LogP contribution in [0, 0.1) is 0 Å². The van der Waals surface area contributed by atoms with Crippen LogP contribution in [0.2, 0.25) is 0 Å². The van der Waals surface area contributed by atoms with Gasteiger partial charge in [0.25, 0.3) is 0 Å². The maximum absolute atomic E-state index is 11.9. The highest BCUT2D eigenvalue weighted by Gasteiger charge is 2.23. The van der Waals surface area contributed by atoms with Crippen molar-refractivity contribution in [2.45, 2.75) is 37.9 Å². The highest BCUT2D eigenvalue weighted by atomic mass is 35.5. The molecule has 1 atom stereocenters. The van der Waals surface area contributed by atoms with Gasteiger partial charge in [-0.1, -0.05) is 0 Å². The van der Waals surface area contributed by atoms with E-state index < -0.39 is 0 Å². The zero-order valence-corrected chi connectivity index (χ0v) is 13.6. The van der Waals surface area contributed by atoms with Gasteiger partial charge < -0.3 is 20.7 Å². The van der Waals surface area contributed by atoms with Gasteiger partial charge in [0, 0.05) is 31.2 Å². The van der Waals surface area contributed by atoms with Crippen molar-refractivity contribution < 1.29 is 14.3 Å². The zero-order chi connectivity index (χ0) is 15.4. The monoisotopic (exact) mass is 343 g/mol. The number of aromatic nitrogens is 2. The van der Waals surface area contributed by atoms with Crippen LogP contribution in [0.3, 0.4) is 0 Å². The van der Waals surface area contributed by atoms with Gasteiger partial charge in [-0.3, -0.25) is 14.3 Å². The van der Waals surface area contributed by atoms with Crippen LogP contribution in [0.4, 0.5) is 5.69 Å². The number of nitrogens with zero attached hydrogens (tertiary/aromatic N) is 2. The van der Waals surface area contributed by atoms with Crippen LogP contribution in [-0.2, 0) is 20.9 Å². The summed E-state index contributed by atoms with van der Waals surface area (Å²) >= 11 is 0. The summed E-state index contributed by atoms with van der Waals surface area (Å²) in [7, 11) is 0. The molecule has 1 saturated carbocycles. The summed E-state index contributed by atoms with van der Waals surface area (Å²) in [5, 5.41) is 13.0. The first kappa shape index (κ1) is 17.7. The second-order valence-corrected chi connectivity index (χ2v) is 5.75. The summed E-state index contributed by atoms with van der Waals surface area (Å²) < 4.78 is 6.84. The Morgan fingerprint density at radius 2 is 2.22 bits per heavy atom. The number of hydrogen-bond donors (Lipinski definition) is 3. The minimum atomic E-state index is -0.0926. The Labute approximate surface area is 140 Å². The second-order valence-electron chi connectivity index (χ2n) is 5.75. The second kappa shape index (κ2) is 8.28. The lowest BCUT2D eigenvalue weighted by molar-refractivity contribution is -0.122. The molecule has 128 valence electrons. The zero-order valence-electron chi connectivity index (χ0n) is 12.8. The highest BCUT2D eigenvalue weighted by molar-refractivity contribution is 5.90. The number of anilines is 1. The standard InChI is InChI=1S/C14H21N5O3.ClH/c20-13(5-11-9-22-4-3-15-11)18-12-6-16-19(7-12)8-14(21)17-10-1-2-10;/h6-7,10-11,15H,1-5,8-9H2,(H,17,21)(H,18,20);1H. The summed E-state index contributed by atoms with van der Waals surface area (Å²) in [4.78, 5) is 23.6. The smallest absolute Gasteiger partial charge is 0.241 e. The first-order valence-electron chi connectivity index (χ1n) is 7.62. The van der Waals surface area contributed by atoms with Crippen LogP contribution in [0.1, 0.15) is 19.3 Å². The number of hydrogen-bond acceptors (Lipinski definition) is 5. The van der Waals surface area contributed by atoms with Gasteiger partial charge in [0.15, 0.2) is 0 Å². The van der Waals surface area contributed by atoms with Crippen molar-refractivity contribution in [1.82, 2.24) is 20.4 Å². The van der Waals surface area contributed by atoms with Crippen molar-refractivity contribution in [3.05, 3.63) is 12.4 Å². The summed E-state index contributed by atoms with van der Waals surface area (Å²) in [6.07, 6.45) is 5.69. The molecule has 1 aromatic heterocycles. The summed E-state index contributed by atoms with van der Waals surface area (Å²) in [6.45, 7) is 2.18. The van der Waals surface area contributed by atoms with Gasteiger partial charge in [-0.05, 0) is 12.8 Å². The fraction of sp³-hybridized carbons (Fsp3) is 0.643. The van der Waals surface area contributed by atoms with Gasteiger partial charge in [0.1, 0.15) is 6.54 Å². The average molecular weight is 344 g/mol. The van der Waals surface area contributed by atoms with E-state index in [4.69, 9.17) is 4.74 Å². The predicted octanol–water partition coefficient (Wildman–Crippen LogP) is -0.0995. The van der Waals surface area contributed by atoms with E-state index in [1.807, 2.05) is 0 Å². The Kier molecular flexibility index (Phi) is 6.37. The molecule has 1 aliphatic heterocycles. The lowest BCUT2D eigenvalue weighted by Crippen LogP contribution is -2.43.